The first-order valence-corrected chi connectivity index (χ1v) is 7.55. The maximum atomic E-state index is 12.7. The van der Waals surface area contributed by atoms with E-state index in [4.69, 9.17) is 5.73 Å². The number of likely N-dealkylation sites (N-methyl/N-ethyl adjacent to an activating group) is 1. The zero-order valence-corrected chi connectivity index (χ0v) is 13.9. The smallest absolute Gasteiger partial charge is 0.405 e. The second kappa shape index (κ2) is 7.14. The summed E-state index contributed by atoms with van der Waals surface area (Å²) in [6, 6.07) is 14.5. The molecule has 0 aliphatic carbocycles. The van der Waals surface area contributed by atoms with Crippen LogP contribution in [-0.2, 0) is 16.9 Å². The number of alkyl halides is 3. The average Bonchev–Trinajstić information content (AvgIpc) is 2.55. The third kappa shape index (κ3) is 4.73. The number of ether oxygens (including phenoxy) is 1. The van der Waals surface area contributed by atoms with Crippen LogP contribution in [-0.4, -0.2) is 24.2 Å². The average molecular weight is 352 g/mol. The molecule has 0 aromatic heterocycles. The van der Waals surface area contributed by atoms with Crippen molar-refractivity contribution < 1.29 is 22.7 Å². The Hall–Kier alpha value is -2.54. The van der Waals surface area contributed by atoms with Crippen LogP contribution in [0.5, 0.6) is 5.75 Å². The van der Waals surface area contributed by atoms with Crippen LogP contribution >= 0.6 is 0 Å². The second-order valence-electron chi connectivity index (χ2n) is 5.89. The van der Waals surface area contributed by atoms with Crippen molar-refractivity contribution in [2.75, 3.05) is 7.05 Å². The molecule has 7 heteroatoms. The zero-order chi connectivity index (χ0) is 18.7. The Bertz CT molecular complexity index is 731. The van der Waals surface area contributed by atoms with E-state index in [0.717, 1.165) is 0 Å². The monoisotopic (exact) mass is 352 g/mol. The molecular weight excluding hydrogens is 333 g/mol. The highest BCUT2D eigenvalue weighted by Crippen LogP contribution is 2.28. The highest BCUT2D eigenvalue weighted by atomic mass is 19.4. The fraction of sp³-hybridized carbons (Fsp3) is 0.278. The molecule has 0 saturated carbocycles. The fourth-order valence-corrected chi connectivity index (χ4v) is 2.49. The number of benzene rings is 2. The summed E-state index contributed by atoms with van der Waals surface area (Å²) in [4.78, 5) is 14.0. The number of para-hydroxylation sites is 1. The second-order valence-corrected chi connectivity index (χ2v) is 5.89. The molecule has 0 heterocycles. The molecule has 1 atom stereocenters. The minimum atomic E-state index is -4.80. The quantitative estimate of drug-likeness (QED) is 0.897. The van der Waals surface area contributed by atoms with Crippen LogP contribution in [0.3, 0.4) is 0 Å². The normalized spacial score (nSPS) is 13.8. The van der Waals surface area contributed by atoms with Crippen molar-refractivity contribution in [2.45, 2.75) is 25.4 Å². The molecule has 0 aliphatic rings. The molecule has 0 bridgehead atoms. The van der Waals surface area contributed by atoms with Gasteiger partial charge in [0.2, 0.25) is 5.91 Å². The molecule has 134 valence electrons. The Morgan fingerprint density at radius 2 is 1.64 bits per heavy atom. The van der Waals surface area contributed by atoms with E-state index in [-0.39, 0.29) is 17.9 Å². The molecule has 0 radical (unpaired) electrons. The first kappa shape index (κ1) is 18.8. The minimum absolute atomic E-state index is 0.0648. The van der Waals surface area contributed by atoms with Crippen molar-refractivity contribution in [3.63, 3.8) is 0 Å². The zero-order valence-electron chi connectivity index (χ0n) is 13.9. The highest BCUT2D eigenvalue weighted by Gasteiger charge is 2.34. The van der Waals surface area contributed by atoms with Crippen molar-refractivity contribution >= 4 is 5.91 Å². The van der Waals surface area contributed by atoms with Crippen LogP contribution in [0.2, 0.25) is 0 Å². The summed E-state index contributed by atoms with van der Waals surface area (Å²) in [5.41, 5.74) is 5.73. The summed E-state index contributed by atoms with van der Waals surface area (Å²) in [7, 11) is 1.49. The van der Waals surface area contributed by atoms with E-state index in [2.05, 4.69) is 4.74 Å². The topological polar surface area (TPSA) is 55.6 Å². The Kier molecular flexibility index (Phi) is 5.37. The van der Waals surface area contributed by atoms with Crippen LogP contribution in [0, 0.1) is 0 Å². The Labute approximate surface area is 144 Å². The maximum Gasteiger partial charge on any atom is 0.573 e. The predicted octanol–water partition coefficient (Wildman–Crippen LogP) is 3.42. The van der Waals surface area contributed by atoms with Crippen LogP contribution in [0.4, 0.5) is 13.2 Å². The number of hydrogen-bond donors (Lipinski definition) is 1. The van der Waals surface area contributed by atoms with E-state index >= 15 is 0 Å². The number of amides is 1. The van der Waals surface area contributed by atoms with Gasteiger partial charge in [0.15, 0.2) is 0 Å². The van der Waals surface area contributed by atoms with Gasteiger partial charge in [0, 0.05) is 19.2 Å². The van der Waals surface area contributed by atoms with Crippen LogP contribution in [0.1, 0.15) is 18.1 Å². The predicted molar refractivity (Wildman–Crippen MR) is 87.6 cm³/mol. The summed E-state index contributed by atoms with van der Waals surface area (Å²) in [5.74, 6) is -0.756. The molecular formula is C18H19F3N2O2. The summed E-state index contributed by atoms with van der Waals surface area (Å²) >= 11 is 0. The van der Waals surface area contributed by atoms with Gasteiger partial charge in [0.1, 0.15) is 11.3 Å². The van der Waals surface area contributed by atoms with Crippen molar-refractivity contribution in [1.82, 2.24) is 4.90 Å². The lowest BCUT2D eigenvalue weighted by Crippen LogP contribution is -2.49. The molecule has 1 amide bonds. The van der Waals surface area contributed by atoms with Crippen molar-refractivity contribution in [2.24, 2.45) is 5.73 Å². The van der Waals surface area contributed by atoms with Gasteiger partial charge < -0.3 is 15.4 Å². The van der Waals surface area contributed by atoms with Gasteiger partial charge in [-0.2, -0.15) is 0 Å². The van der Waals surface area contributed by atoms with Crippen LogP contribution in [0.25, 0.3) is 0 Å². The fourth-order valence-electron chi connectivity index (χ4n) is 2.49. The molecule has 2 rings (SSSR count). The van der Waals surface area contributed by atoms with Gasteiger partial charge in [0.25, 0.3) is 0 Å². The van der Waals surface area contributed by atoms with Crippen molar-refractivity contribution in [3.05, 3.63) is 65.7 Å². The standard InChI is InChI=1S/C18H19F3N2O2/c1-17(22,14-9-4-3-5-10-14)16(24)23(2)12-13-8-6-7-11-15(13)25-18(19,20)21/h3-11H,12,22H2,1-2H3. The lowest BCUT2D eigenvalue weighted by atomic mass is 9.91. The highest BCUT2D eigenvalue weighted by molar-refractivity contribution is 5.86. The number of carbonyl (C=O) groups is 1. The summed E-state index contributed by atoms with van der Waals surface area (Å²) < 4.78 is 41.5. The van der Waals surface area contributed by atoms with Gasteiger partial charge in [-0.25, -0.2) is 0 Å². The number of halogens is 3. The van der Waals surface area contributed by atoms with Gasteiger partial charge in [-0.15, -0.1) is 13.2 Å². The SMILES string of the molecule is CN(Cc1ccccc1OC(F)(F)F)C(=O)C(C)(N)c1ccccc1. The first-order chi connectivity index (χ1) is 11.6. The summed E-state index contributed by atoms with van der Waals surface area (Å²) in [6.07, 6.45) is -4.80. The molecule has 0 aliphatic heterocycles. The van der Waals surface area contributed by atoms with E-state index in [1.807, 2.05) is 0 Å². The van der Waals surface area contributed by atoms with Crippen molar-refractivity contribution in [3.8, 4) is 5.75 Å². The third-order valence-electron chi connectivity index (χ3n) is 3.77. The van der Waals surface area contributed by atoms with Gasteiger partial charge in [0.05, 0.1) is 0 Å². The minimum Gasteiger partial charge on any atom is -0.405 e. The van der Waals surface area contributed by atoms with Crippen molar-refractivity contribution in [1.29, 1.82) is 0 Å². The molecule has 25 heavy (non-hydrogen) atoms. The molecule has 0 fully saturated rings. The van der Waals surface area contributed by atoms with Gasteiger partial charge in [-0.3, -0.25) is 4.79 Å². The van der Waals surface area contributed by atoms with E-state index in [1.54, 1.807) is 43.3 Å². The molecule has 2 aromatic carbocycles. The molecule has 1 unspecified atom stereocenters. The number of nitrogens with two attached hydrogens (primary N) is 1. The molecule has 2 aromatic rings. The van der Waals surface area contributed by atoms with E-state index in [0.29, 0.717) is 5.56 Å². The molecule has 4 nitrogen and oxygen atoms in total. The summed E-state index contributed by atoms with van der Waals surface area (Å²) in [5, 5.41) is 0. The number of rotatable bonds is 5. The van der Waals surface area contributed by atoms with Gasteiger partial charge >= 0.3 is 6.36 Å². The lowest BCUT2D eigenvalue weighted by molar-refractivity contribution is -0.275. The third-order valence-corrected chi connectivity index (χ3v) is 3.77. The Morgan fingerprint density at radius 1 is 1.08 bits per heavy atom. The number of nitrogens with zero attached hydrogens (tertiary/aromatic N) is 1. The lowest BCUT2D eigenvalue weighted by Gasteiger charge is -2.30. The Balaban J connectivity index is 2.20. The van der Waals surface area contributed by atoms with Crippen LogP contribution < -0.4 is 10.5 Å². The first-order valence-electron chi connectivity index (χ1n) is 7.55. The number of carbonyl (C=O) groups excluding carboxylic acids is 1. The van der Waals surface area contributed by atoms with Gasteiger partial charge in [-0.05, 0) is 18.6 Å². The van der Waals surface area contributed by atoms with E-state index in [9.17, 15) is 18.0 Å². The largest absolute Gasteiger partial charge is 0.573 e. The van der Waals surface area contributed by atoms with Crippen LogP contribution in [0.15, 0.2) is 54.6 Å². The van der Waals surface area contributed by atoms with Gasteiger partial charge in [-0.1, -0.05) is 48.5 Å². The maximum absolute atomic E-state index is 12.7. The number of hydrogen-bond acceptors (Lipinski definition) is 3. The molecule has 2 N–H and O–H groups in total. The summed E-state index contributed by atoms with van der Waals surface area (Å²) in [6.45, 7) is 1.50. The molecule has 0 spiro atoms. The Morgan fingerprint density at radius 3 is 2.24 bits per heavy atom. The van der Waals surface area contributed by atoms with E-state index in [1.165, 1.54) is 30.1 Å². The molecule has 0 saturated heterocycles. The van der Waals surface area contributed by atoms with E-state index < -0.39 is 17.8 Å².